The largest absolute Gasteiger partial charge is 0.310 e. The molecule has 5 aromatic carbocycles. The minimum Gasteiger partial charge on any atom is -0.310 e. The molecule has 0 amide bonds. The standard InChI is InChI=1S/C38H29N3/c1-38(2)33-25-30(40(28-15-8-4-9-16-28)29-17-10-5-11-18-29)20-21-35(33)41-36-32(31-19-12-22-39-37(31)41)23-27(24-34(36)38)26-13-6-3-7-14-26/h3-25H,1-2H3. The monoisotopic (exact) mass is 527 g/mol. The van der Waals surface area contributed by atoms with Crippen LogP contribution in [0.1, 0.15) is 25.0 Å². The molecule has 0 atom stereocenters. The van der Waals surface area contributed by atoms with E-state index in [-0.39, 0.29) is 5.41 Å². The number of aromatic nitrogens is 2. The van der Waals surface area contributed by atoms with Crippen LogP contribution in [0.5, 0.6) is 0 Å². The Morgan fingerprint density at radius 3 is 1.90 bits per heavy atom. The van der Waals surface area contributed by atoms with Gasteiger partial charge in [0.1, 0.15) is 5.65 Å². The van der Waals surface area contributed by atoms with Gasteiger partial charge in [-0.05, 0) is 89.0 Å². The average Bonchev–Trinajstić information content (AvgIpc) is 3.36. The molecule has 2 aromatic heterocycles. The van der Waals surface area contributed by atoms with Crippen molar-refractivity contribution < 1.29 is 0 Å². The molecular formula is C38H29N3. The first-order valence-electron chi connectivity index (χ1n) is 14.2. The Morgan fingerprint density at radius 2 is 1.22 bits per heavy atom. The third-order valence-electron chi connectivity index (χ3n) is 8.58. The van der Waals surface area contributed by atoms with Crippen LogP contribution in [0.25, 0.3) is 38.8 Å². The first kappa shape index (κ1) is 23.7. The highest BCUT2D eigenvalue weighted by molar-refractivity contribution is 6.11. The summed E-state index contributed by atoms with van der Waals surface area (Å²) in [4.78, 5) is 7.26. The van der Waals surface area contributed by atoms with E-state index in [2.05, 4.69) is 151 Å². The Morgan fingerprint density at radius 1 is 0.561 bits per heavy atom. The molecule has 3 heteroatoms. The molecule has 0 N–H and O–H groups in total. The number of benzene rings is 5. The predicted octanol–water partition coefficient (Wildman–Crippen LogP) is 9.95. The van der Waals surface area contributed by atoms with Gasteiger partial charge < -0.3 is 4.90 Å². The number of nitrogens with zero attached hydrogens (tertiary/aromatic N) is 3. The molecule has 1 aliphatic rings. The van der Waals surface area contributed by atoms with Crippen LogP contribution in [0.3, 0.4) is 0 Å². The number of pyridine rings is 1. The van der Waals surface area contributed by atoms with Gasteiger partial charge in [-0.1, -0.05) is 80.6 Å². The second-order valence-electron chi connectivity index (χ2n) is 11.3. The van der Waals surface area contributed by atoms with E-state index in [0.717, 1.165) is 22.7 Å². The third kappa shape index (κ3) is 3.56. The van der Waals surface area contributed by atoms with Crippen LogP contribution in [0.15, 0.2) is 140 Å². The molecule has 0 aliphatic carbocycles. The van der Waals surface area contributed by atoms with Gasteiger partial charge in [0.25, 0.3) is 0 Å². The Balaban J connectivity index is 1.42. The lowest BCUT2D eigenvalue weighted by Crippen LogP contribution is -2.27. The van der Waals surface area contributed by atoms with Gasteiger partial charge >= 0.3 is 0 Å². The molecule has 0 bridgehead atoms. The third-order valence-corrected chi connectivity index (χ3v) is 8.58. The highest BCUT2D eigenvalue weighted by Gasteiger charge is 2.36. The van der Waals surface area contributed by atoms with E-state index in [0.29, 0.717) is 0 Å². The lowest BCUT2D eigenvalue weighted by Gasteiger charge is -2.36. The van der Waals surface area contributed by atoms with Crippen LogP contribution in [0.2, 0.25) is 0 Å². The van der Waals surface area contributed by atoms with Crippen molar-refractivity contribution in [2.45, 2.75) is 19.3 Å². The van der Waals surface area contributed by atoms with E-state index in [1.807, 2.05) is 12.3 Å². The Bertz CT molecular complexity index is 2020. The number of fused-ring (bicyclic) bond motifs is 5. The topological polar surface area (TPSA) is 21.1 Å². The summed E-state index contributed by atoms with van der Waals surface area (Å²) in [6.07, 6.45) is 1.91. The fourth-order valence-corrected chi connectivity index (χ4v) is 6.59. The van der Waals surface area contributed by atoms with Gasteiger partial charge in [0, 0.05) is 39.4 Å². The van der Waals surface area contributed by atoms with Crippen molar-refractivity contribution in [3.63, 3.8) is 0 Å². The fraction of sp³-hybridized carbons (Fsp3) is 0.0789. The first-order chi connectivity index (χ1) is 20.1. The van der Waals surface area contributed by atoms with Crippen molar-refractivity contribution >= 4 is 39.0 Å². The van der Waals surface area contributed by atoms with Gasteiger partial charge in [-0.2, -0.15) is 0 Å². The number of hydrogen-bond donors (Lipinski definition) is 0. The molecule has 0 unspecified atom stereocenters. The van der Waals surface area contributed by atoms with E-state index in [4.69, 9.17) is 4.98 Å². The number of para-hydroxylation sites is 2. The molecule has 7 aromatic rings. The minimum absolute atomic E-state index is 0.238. The smallest absolute Gasteiger partial charge is 0.145 e. The second kappa shape index (κ2) is 8.94. The van der Waals surface area contributed by atoms with E-state index >= 15 is 0 Å². The summed E-state index contributed by atoms with van der Waals surface area (Å²) in [5.74, 6) is 0. The normalized spacial score (nSPS) is 13.3. The van der Waals surface area contributed by atoms with Crippen LogP contribution >= 0.6 is 0 Å². The Labute approximate surface area is 240 Å². The van der Waals surface area contributed by atoms with Crippen LogP contribution in [0, 0.1) is 0 Å². The summed E-state index contributed by atoms with van der Waals surface area (Å²) in [5.41, 5.74) is 11.7. The Kier molecular flexibility index (Phi) is 5.17. The minimum atomic E-state index is -0.238. The van der Waals surface area contributed by atoms with Crippen molar-refractivity contribution in [2.24, 2.45) is 0 Å². The lowest BCUT2D eigenvalue weighted by molar-refractivity contribution is 0.630. The van der Waals surface area contributed by atoms with Crippen LogP contribution in [0.4, 0.5) is 17.1 Å². The van der Waals surface area contributed by atoms with Crippen molar-refractivity contribution in [3.05, 3.63) is 151 Å². The van der Waals surface area contributed by atoms with E-state index in [9.17, 15) is 0 Å². The fourth-order valence-electron chi connectivity index (χ4n) is 6.59. The number of rotatable bonds is 4. The molecule has 0 radical (unpaired) electrons. The molecule has 41 heavy (non-hydrogen) atoms. The highest BCUT2D eigenvalue weighted by Crippen LogP contribution is 2.50. The molecule has 0 spiro atoms. The molecule has 196 valence electrons. The zero-order valence-electron chi connectivity index (χ0n) is 23.1. The summed E-state index contributed by atoms with van der Waals surface area (Å²) in [7, 11) is 0. The molecule has 0 saturated carbocycles. The maximum Gasteiger partial charge on any atom is 0.145 e. The zero-order chi connectivity index (χ0) is 27.6. The lowest BCUT2D eigenvalue weighted by atomic mass is 9.73. The summed E-state index contributed by atoms with van der Waals surface area (Å²) in [5, 5.41) is 2.44. The molecule has 1 aliphatic heterocycles. The van der Waals surface area contributed by atoms with Gasteiger partial charge in [-0.25, -0.2) is 4.98 Å². The van der Waals surface area contributed by atoms with Gasteiger partial charge in [-0.15, -0.1) is 0 Å². The maximum absolute atomic E-state index is 4.92. The highest BCUT2D eigenvalue weighted by atomic mass is 15.1. The predicted molar refractivity (Wildman–Crippen MR) is 171 cm³/mol. The molecule has 3 nitrogen and oxygen atoms in total. The van der Waals surface area contributed by atoms with Gasteiger partial charge in [-0.3, -0.25) is 4.57 Å². The molecular weight excluding hydrogens is 498 g/mol. The van der Waals surface area contributed by atoms with Crippen LogP contribution in [-0.2, 0) is 5.41 Å². The first-order valence-corrected chi connectivity index (χ1v) is 14.2. The van der Waals surface area contributed by atoms with Crippen molar-refractivity contribution in [3.8, 4) is 16.8 Å². The van der Waals surface area contributed by atoms with Gasteiger partial charge in [0.15, 0.2) is 0 Å². The summed E-state index contributed by atoms with van der Waals surface area (Å²) in [6, 6.07) is 47.8. The van der Waals surface area contributed by atoms with Crippen LogP contribution < -0.4 is 4.90 Å². The summed E-state index contributed by atoms with van der Waals surface area (Å²) < 4.78 is 2.38. The van der Waals surface area contributed by atoms with Crippen molar-refractivity contribution in [1.29, 1.82) is 0 Å². The van der Waals surface area contributed by atoms with Gasteiger partial charge in [0.2, 0.25) is 0 Å². The average molecular weight is 528 g/mol. The van der Waals surface area contributed by atoms with E-state index in [1.54, 1.807) is 0 Å². The van der Waals surface area contributed by atoms with E-state index in [1.165, 1.54) is 44.2 Å². The quantitative estimate of drug-likeness (QED) is 0.227. The molecule has 3 heterocycles. The Hall–Kier alpha value is -5.15. The molecule has 0 fully saturated rings. The summed E-state index contributed by atoms with van der Waals surface area (Å²) >= 11 is 0. The van der Waals surface area contributed by atoms with E-state index < -0.39 is 0 Å². The molecule has 8 rings (SSSR count). The summed E-state index contributed by atoms with van der Waals surface area (Å²) in [6.45, 7) is 4.73. The maximum atomic E-state index is 4.92. The molecule has 0 saturated heterocycles. The van der Waals surface area contributed by atoms with Crippen molar-refractivity contribution in [2.75, 3.05) is 4.90 Å². The van der Waals surface area contributed by atoms with Crippen LogP contribution in [-0.4, -0.2) is 9.55 Å². The van der Waals surface area contributed by atoms with Gasteiger partial charge in [0.05, 0.1) is 11.2 Å². The number of anilines is 3. The SMILES string of the molecule is CC1(C)c2cc(N(c3ccccc3)c3ccccc3)ccc2-n2c3ncccc3c3cc(-c4ccccc4)cc1c32. The second-order valence-corrected chi connectivity index (χ2v) is 11.3. The number of hydrogen-bond acceptors (Lipinski definition) is 2. The van der Waals surface area contributed by atoms with Crippen molar-refractivity contribution in [1.82, 2.24) is 9.55 Å². The zero-order valence-corrected chi connectivity index (χ0v) is 23.1.